The van der Waals surface area contributed by atoms with Crippen molar-refractivity contribution in [3.8, 4) is 0 Å². The van der Waals surface area contributed by atoms with Crippen molar-refractivity contribution < 1.29 is 14.4 Å². The highest BCUT2D eigenvalue weighted by molar-refractivity contribution is 4.86. The van der Waals surface area contributed by atoms with Crippen LogP contribution in [0.25, 0.3) is 0 Å². The zero-order chi connectivity index (χ0) is 11.6. The SMILES string of the molecule is CC1(C)CN(Cc2ncno2)CC(CO)O1. The first-order valence-electron chi connectivity index (χ1n) is 5.36. The Morgan fingerprint density at radius 2 is 2.44 bits per heavy atom. The van der Waals surface area contributed by atoms with Crippen LogP contribution in [-0.4, -0.2) is 51.5 Å². The van der Waals surface area contributed by atoms with Crippen molar-refractivity contribution in [2.24, 2.45) is 0 Å². The lowest BCUT2D eigenvalue weighted by molar-refractivity contribution is -0.151. The fourth-order valence-electron chi connectivity index (χ4n) is 2.09. The first-order valence-corrected chi connectivity index (χ1v) is 5.36. The molecule has 6 heteroatoms. The van der Waals surface area contributed by atoms with Crippen molar-refractivity contribution in [3.05, 3.63) is 12.2 Å². The summed E-state index contributed by atoms with van der Waals surface area (Å²) in [6.07, 6.45) is 1.25. The number of nitrogens with zero attached hydrogens (tertiary/aromatic N) is 3. The van der Waals surface area contributed by atoms with Gasteiger partial charge in [0.15, 0.2) is 6.33 Å². The molecule has 1 saturated heterocycles. The van der Waals surface area contributed by atoms with Gasteiger partial charge in [-0.2, -0.15) is 4.98 Å². The zero-order valence-corrected chi connectivity index (χ0v) is 9.59. The summed E-state index contributed by atoms with van der Waals surface area (Å²) in [7, 11) is 0. The fourth-order valence-corrected chi connectivity index (χ4v) is 2.09. The van der Waals surface area contributed by atoms with Gasteiger partial charge in [-0.1, -0.05) is 5.16 Å². The van der Waals surface area contributed by atoms with Gasteiger partial charge in [0, 0.05) is 13.1 Å². The minimum Gasteiger partial charge on any atom is -0.394 e. The molecular formula is C10H17N3O3. The predicted molar refractivity (Wildman–Crippen MR) is 55.6 cm³/mol. The molecule has 2 rings (SSSR count). The highest BCUT2D eigenvalue weighted by Gasteiger charge is 2.33. The van der Waals surface area contributed by atoms with Crippen LogP contribution < -0.4 is 0 Å². The van der Waals surface area contributed by atoms with Crippen molar-refractivity contribution in [2.75, 3.05) is 19.7 Å². The van der Waals surface area contributed by atoms with Crippen LogP contribution in [0.1, 0.15) is 19.7 Å². The Balaban J connectivity index is 1.99. The van der Waals surface area contributed by atoms with Crippen molar-refractivity contribution in [2.45, 2.75) is 32.1 Å². The average molecular weight is 227 g/mol. The van der Waals surface area contributed by atoms with E-state index >= 15 is 0 Å². The molecule has 0 saturated carbocycles. The topological polar surface area (TPSA) is 71.6 Å². The van der Waals surface area contributed by atoms with E-state index in [-0.39, 0.29) is 18.3 Å². The number of aliphatic hydroxyl groups is 1. The van der Waals surface area contributed by atoms with Crippen LogP contribution in [-0.2, 0) is 11.3 Å². The van der Waals surface area contributed by atoms with E-state index in [2.05, 4.69) is 15.0 Å². The Bertz CT molecular complexity index is 326. The molecule has 1 aliphatic rings. The summed E-state index contributed by atoms with van der Waals surface area (Å²) in [6, 6.07) is 0. The molecule has 6 nitrogen and oxygen atoms in total. The third-order valence-electron chi connectivity index (χ3n) is 2.52. The molecule has 1 N–H and O–H groups in total. The first-order chi connectivity index (χ1) is 7.59. The number of rotatable bonds is 3. The summed E-state index contributed by atoms with van der Waals surface area (Å²) in [5.74, 6) is 0.592. The quantitative estimate of drug-likeness (QED) is 0.786. The molecule has 0 bridgehead atoms. The summed E-state index contributed by atoms with van der Waals surface area (Å²) in [6.45, 7) is 6.12. The van der Waals surface area contributed by atoms with Crippen molar-refractivity contribution >= 4 is 0 Å². The van der Waals surface area contributed by atoms with E-state index in [0.717, 1.165) is 6.54 Å². The van der Waals surface area contributed by atoms with Gasteiger partial charge in [-0.25, -0.2) is 0 Å². The van der Waals surface area contributed by atoms with E-state index in [1.807, 2.05) is 13.8 Å². The Morgan fingerprint density at radius 3 is 3.06 bits per heavy atom. The maximum atomic E-state index is 9.16. The normalized spacial score (nSPS) is 25.8. The van der Waals surface area contributed by atoms with Crippen molar-refractivity contribution in [1.82, 2.24) is 15.0 Å². The summed E-state index contributed by atoms with van der Waals surface area (Å²) in [4.78, 5) is 6.14. The van der Waals surface area contributed by atoms with Gasteiger partial charge in [-0.3, -0.25) is 4.90 Å². The van der Waals surface area contributed by atoms with Crippen LogP contribution in [0.4, 0.5) is 0 Å². The summed E-state index contributed by atoms with van der Waals surface area (Å²) in [5, 5.41) is 12.7. The number of hydrogen-bond donors (Lipinski definition) is 1. The molecule has 2 heterocycles. The molecular weight excluding hydrogens is 210 g/mol. The van der Waals surface area contributed by atoms with Gasteiger partial charge >= 0.3 is 0 Å². The fraction of sp³-hybridized carbons (Fsp3) is 0.800. The number of ether oxygens (including phenoxy) is 1. The summed E-state index contributed by atoms with van der Waals surface area (Å²) in [5.41, 5.74) is -0.258. The molecule has 1 aromatic heterocycles. The van der Waals surface area contributed by atoms with Gasteiger partial charge in [0.1, 0.15) is 0 Å². The van der Waals surface area contributed by atoms with E-state index in [1.165, 1.54) is 6.33 Å². The van der Waals surface area contributed by atoms with Crippen LogP contribution >= 0.6 is 0 Å². The Hall–Kier alpha value is -0.980. The van der Waals surface area contributed by atoms with E-state index in [1.54, 1.807) is 0 Å². The highest BCUT2D eigenvalue weighted by atomic mass is 16.5. The number of aliphatic hydroxyl groups excluding tert-OH is 1. The molecule has 90 valence electrons. The molecule has 1 aliphatic heterocycles. The van der Waals surface area contributed by atoms with Crippen LogP contribution in [0.5, 0.6) is 0 Å². The maximum Gasteiger partial charge on any atom is 0.240 e. The third kappa shape index (κ3) is 2.78. The largest absolute Gasteiger partial charge is 0.394 e. The second kappa shape index (κ2) is 4.48. The molecule has 0 amide bonds. The second-order valence-electron chi connectivity index (χ2n) is 4.69. The molecule has 0 spiro atoms. The van der Waals surface area contributed by atoms with Gasteiger partial charge in [-0.15, -0.1) is 0 Å². The first kappa shape index (κ1) is 11.5. The van der Waals surface area contributed by atoms with E-state index in [4.69, 9.17) is 14.4 Å². The van der Waals surface area contributed by atoms with Gasteiger partial charge < -0.3 is 14.4 Å². The van der Waals surface area contributed by atoms with Crippen molar-refractivity contribution in [1.29, 1.82) is 0 Å². The zero-order valence-electron chi connectivity index (χ0n) is 9.59. The monoisotopic (exact) mass is 227 g/mol. The molecule has 1 atom stereocenters. The molecule has 0 radical (unpaired) electrons. The number of aromatic nitrogens is 2. The smallest absolute Gasteiger partial charge is 0.240 e. The van der Waals surface area contributed by atoms with Crippen LogP contribution in [0.2, 0.25) is 0 Å². The van der Waals surface area contributed by atoms with E-state index < -0.39 is 0 Å². The third-order valence-corrected chi connectivity index (χ3v) is 2.52. The van der Waals surface area contributed by atoms with Crippen LogP contribution in [0.15, 0.2) is 10.9 Å². The van der Waals surface area contributed by atoms with Gasteiger partial charge in [0.25, 0.3) is 0 Å². The molecule has 1 unspecified atom stereocenters. The summed E-state index contributed by atoms with van der Waals surface area (Å²) < 4.78 is 10.7. The molecule has 0 aromatic carbocycles. The number of morpholine rings is 1. The predicted octanol–water partition coefficient (Wildman–Crippen LogP) is 0.0413. The Labute approximate surface area is 94.2 Å². The average Bonchev–Trinajstić information content (AvgIpc) is 2.67. The minimum atomic E-state index is -0.258. The number of hydrogen-bond acceptors (Lipinski definition) is 6. The Morgan fingerprint density at radius 1 is 1.62 bits per heavy atom. The van der Waals surface area contributed by atoms with Crippen LogP contribution in [0, 0.1) is 0 Å². The molecule has 16 heavy (non-hydrogen) atoms. The lowest BCUT2D eigenvalue weighted by atomic mass is 10.1. The summed E-state index contributed by atoms with van der Waals surface area (Å²) >= 11 is 0. The van der Waals surface area contributed by atoms with Gasteiger partial charge in [0.05, 0.1) is 24.9 Å². The Kier molecular flexibility index (Phi) is 3.22. The van der Waals surface area contributed by atoms with Gasteiger partial charge in [0.2, 0.25) is 5.89 Å². The van der Waals surface area contributed by atoms with Gasteiger partial charge in [-0.05, 0) is 13.8 Å². The molecule has 1 fully saturated rings. The highest BCUT2D eigenvalue weighted by Crippen LogP contribution is 2.21. The van der Waals surface area contributed by atoms with E-state index in [0.29, 0.717) is 19.0 Å². The molecule has 1 aromatic rings. The lowest BCUT2D eigenvalue weighted by Crippen LogP contribution is -2.53. The van der Waals surface area contributed by atoms with E-state index in [9.17, 15) is 0 Å². The standard InChI is InChI=1S/C10H17N3O3/c1-10(2)6-13(3-8(5-14)15-10)4-9-11-7-12-16-9/h7-8,14H,3-6H2,1-2H3. The van der Waals surface area contributed by atoms with Crippen molar-refractivity contribution in [3.63, 3.8) is 0 Å². The minimum absolute atomic E-state index is 0.0315. The van der Waals surface area contributed by atoms with Crippen LogP contribution in [0.3, 0.4) is 0 Å². The second-order valence-corrected chi connectivity index (χ2v) is 4.69. The maximum absolute atomic E-state index is 9.16. The lowest BCUT2D eigenvalue weighted by Gasteiger charge is -2.41. The molecule has 0 aliphatic carbocycles.